The minimum absolute atomic E-state index is 0.100. The third-order valence-corrected chi connectivity index (χ3v) is 7.70. The maximum Gasteiger partial charge on any atom is 0.258 e. The summed E-state index contributed by atoms with van der Waals surface area (Å²) in [6.45, 7) is 3.59. The third kappa shape index (κ3) is 6.82. The fraction of sp³-hybridized carbons (Fsp3) is 0.280. The Kier molecular flexibility index (Phi) is 9.29. The molecule has 2 aromatic carbocycles. The lowest BCUT2D eigenvalue weighted by atomic mass is 10.2. The Morgan fingerprint density at radius 3 is 2.78 bits per heavy atom. The average Bonchev–Trinajstić information content (AvgIpc) is 3.47. The van der Waals surface area contributed by atoms with E-state index in [0.29, 0.717) is 29.7 Å². The Balaban J connectivity index is 1.36. The number of fused-ring (bicyclic) bond motifs is 1. The van der Waals surface area contributed by atoms with Gasteiger partial charge in [0, 0.05) is 24.6 Å². The summed E-state index contributed by atoms with van der Waals surface area (Å²) in [6, 6.07) is 15.6. The van der Waals surface area contributed by atoms with E-state index in [1.807, 2.05) is 65.4 Å². The largest absolute Gasteiger partial charge is 0.494 e. The third-order valence-electron chi connectivity index (χ3n) is 4.98. The summed E-state index contributed by atoms with van der Waals surface area (Å²) in [5.41, 5.74) is 2.78. The molecule has 0 saturated carbocycles. The summed E-state index contributed by atoms with van der Waals surface area (Å²) in [6.07, 6.45) is 0. The highest BCUT2D eigenvalue weighted by Gasteiger charge is 2.12. The Labute approximate surface area is 221 Å². The smallest absolute Gasteiger partial charge is 0.258 e. The number of carbonyl (C=O) groups is 2. The molecule has 0 radical (unpaired) electrons. The standard InChI is InChI=1S/C25H26N4O4S3/c1-3-33-18-9-10-20-21(13-18)36-25(29(20)11-12-32-2)28-23(31)16-34-15-22(30)27-24-26-19(14-35-24)17-7-5-4-6-8-17/h4-10,13-14H,3,11-12,15-16H2,1-2H3,(H,26,27,30). The maximum absolute atomic E-state index is 12.6. The lowest BCUT2D eigenvalue weighted by Gasteiger charge is -2.06. The zero-order valence-electron chi connectivity index (χ0n) is 19.9. The van der Waals surface area contributed by atoms with Crippen LogP contribution >= 0.6 is 34.4 Å². The molecule has 2 aromatic heterocycles. The van der Waals surface area contributed by atoms with Crippen molar-refractivity contribution in [3.8, 4) is 17.0 Å². The van der Waals surface area contributed by atoms with Gasteiger partial charge >= 0.3 is 0 Å². The van der Waals surface area contributed by atoms with Crippen molar-refractivity contribution in [3.63, 3.8) is 0 Å². The number of nitrogens with one attached hydrogen (secondary N) is 1. The van der Waals surface area contributed by atoms with Crippen molar-refractivity contribution in [2.45, 2.75) is 13.5 Å². The number of methoxy groups -OCH3 is 1. The number of carbonyl (C=O) groups excluding carboxylic acids is 2. The molecule has 2 heterocycles. The van der Waals surface area contributed by atoms with Crippen LogP contribution in [0, 0.1) is 0 Å². The fourth-order valence-electron chi connectivity index (χ4n) is 3.39. The van der Waals surface area contributed by atoms with E-state index >= 15 is 0 Å². The molecule has 2 amide bonds. The van der Waals surface area contributed by atoms with Crippen LogP contribution in [0.3, 0.4) is 0 Å². The summed E-state index contributed by atoms with van der Waals surface area (Å²) in [7, 11) is 1.64. The predicted octanol–water partition coefficient (Wildman–Crippen LogP) is 4.67. The molecule has 0 unspecified atom stereocenters. The molecule has 0 atom stereocenters. The van der Waals surface area contributed by atoms with E-state index in [2.05, 4.69) is 15.3 Å². The lowest BCUT2D eigenvalue weighted by Crippen LogP contribution is -2.20. The van der Waals surface area contributed by atoms with Gasteiger partial charge in [0.1, 0.15) is 5.75 Å². The van der Waals surface area contributed by atoms with Crippen molar-refractivity contribution in [2.75, 3.05) is 37.1 Å². The van der Waals surface area contributed by atoms with Crippen molar-refractivity contribution in [3.05, 3.63) is 58.7 Å². The summed E-state index contributed by atoms with van der Waals surface area (Å²) < 4.78 is 13.8. The van der Waals surface area contributed by atoms with Crippen molar-refractivity contribution < 1.29 is 19.1 Å². The first kappa shape index (κ1) is 26.1. The SMILES string of the molecule is CCOc1ccc2c(c1)sc(=NC(=O)CSCC(=O)Nc1nc(-c3ccccc3)cs1)n2CCOC. The number of nitrogens with zero attached hydrogens (tertiary/aromatic N) is 3. The molecule has 36 heavy (non-hydrogen) atoms. The lowest BCUT2D eigenvalue weighted by molar-refractivity contribution is -0.115. The van der Waals surface area contributed by atoms with Gasteiger partial charge in [0.25, 0.3) is 5.91 Å². The van der Waals surface area contributed by atoms with E-state index in [0.717, 1.165) is 27.2 Å². The topological polar surface area (TPSA) is 94.8 Å². The molecule has 0 aliphatic heterocycles. The molecule has 0 saturated heterocycles. The summed E-state index contributed by atoms with van der Waals surface area (Å²) in [4.78, 5) is 34.3. The molecule has 0 aliphatic rings. The van der Waals surface area contributed by atoms with Crippen LogP contribution in [-0.2, 0) is 20.9 Å². The molecule has 4 aromatic rings. The molecule has 0 spiro atoms. The second kappa shape index (κ2) is 12.8. The van der Waals surface area contributed by atoms with Gasteiger partial charge < -0.3 is 19.4 Å². The Morgan fingerprint density at radius 2 is 2.00 bits per heavy atom. The van der Waals surface area contributed by atoms with Crippen molar-refractivity contribution in [1.82, 2.24) is 9.55 Å². The average molecular weight is 543 g/mol. The second-order valence-corrected chi connectivity index (χ2v) is 10.4. The summed E-state index contributed by atoms with van der Waals surface area (Å²) in [5, 5.41) is 5.24. The number of amides is 2. The summed E-state index contributed by atoms with van der Waals surface area (Å²) >= 11 is 4.02. The van der Waals surface area contributed by atoms with Crippen LogP contribution in [0.1, 0.15) is 6.92 Å². The fourth-order valence-corrected chi connectivity index (χ4v) is 5.83. The van der Waals surface area contributed by atoms with Crippen molar-refractivity contribution in [2.24, 2.45) is 4.99 Å². The number of aromatic nitrogens is 2. The number of hydrogen-bond acceptors (Lipinski definition) is 8. The number of hydrogen-bond donors (Lipinski definition) is 1. The minimum Gasteiger partial charge on any atom is -0.494 e. The number of thiazole rings is 2. The zero-order chi connectivity index (χ0) is 25.3. The number of thioether (sulfide) groups is 1. The van der Waals surface area contributed by atoms with E-state index in [1.54, 1.807) is 7.11 Å². The molecular formula is C25H26N4O4S3. The van der Waals surface area contributed by atoms with Gasteiger partial charge in [-0.25, -0.2) is 4.98 Å². The van der Waals surface area contributed by atoms with Crippen molar-refractivity contribution >= 4 is 61.6 Å². The Bertz CT molecular complexity index is 1400. The van der Waals surface area contributed by atoms with Gasteiger partial charge in [-0.1, -0.05) is 41.7 Å². The van der Waals surface area contributed by atoms with E-state index in [1.165, 1.54) is 34.4 Å². The first-order valence-electron chi connectivity index (χ1n) is 11.3. The second-order valence-electron chi connectivity index (χ2n) is 7.54. The first-order valence-corrected chi connectivity index (χ1v) is 14.1. The van der Waals surface area contributed by atoms with Crippen LogP contribution in [-0.4, -0.2) is 53.2 Å². The minimum atomic E-state index is -0.295. The molecule has 8 nitrogen and oxygen atoms in total. The highest BCUT2D eigenvalue weighted by Crippen LogP contribution is 2.25. The monoisotopic (exact) mass is 542 g/mol. The van der Waals surface area contributed by atoms with E-state index < -0.39 is 0 Å². The quantitative estimate of drug-likeness (QED) is 0.296. The highest BCUT2D eigenvalue weighted by atomic mass is 32.2. The van der Waals surface area contributed by atoms with Crippen LogP contribution < -0.4 is 14.9 Å². The van der Waals surface area contributed by atoms with Gasteiger partial charge in [0.15, 0.2) is 9.93 Å². The van der Waals surface area contributed by atoms with Gasteiger partial charge in [0.05, 0.1) is 40.6 Å². The molecule has 1 N–H and O–H groups in total. The van der Waals surface area contributed by atoms with Gasteiger partial charge in [-0.2, -0.15) is 4.99 Å². The number of benzene rings is 2. The van der Waals surface area contributed by atoms with Crippen LogP contribution in [0.25, 0.3) is 21.5 Å². The molecule has 188 valence electrons. The normalized spacial score (nSPS) is 11.7. The molecule has 0 fully saturated rings. The number of anilines is 1. The van der Waals surface area contributed by atoms with Crippen LogP contribution in [0.15, 0.2) is 58.9 Å². The molecular weight excluding hydrogens is 517 g/mol. The van der Waals surface area contributed by atoms with Gasteiger partial charge in [-0.05, 0) is 25.1 Å². The number of ether oxygens (including phenoxy) is 2. The predicted molar refractivity (Wildman–Crippen MR) is 147 cm³/mol. The first-order chi connectivity index (χ1) is 17.6. The van der Waals surface area contributed by atoms with Gasteiger partial charge in [-0.3, -0.25) is 9.59 Å². The molecule has 11 heteroatoms. The van der Waals surface area contributed by atoms with E-state index in [4.69, 9.17) is 9.47 Å². The number of rotatable bonds is 11. The molecule has 4 rings (SSSR count). The van der Waals surface area contributed by atoms with E-state index in [-0.39, 0.29) is 23.3 Å². The van der Waals surface area contributed by atoms with Crippen molar-refractivity contribution in [1.29, 1.82) is 0 Å². The summed E-state index contributed by atoms with van der Waals surface area (Å²) in [5.74, 6) is 0.512. The Hall–Kier alpha value is -2.99. The molecule has 0 bridgehead atoms. The highest BCUT2D eigenvalue weighted by molar-refractivity contribution is 8.00. The maximum atomic E-state index is 12.6. The van der Waals surface area contributed by atoms with Gasteiger partial charge in [-0.15, -0.1) is 23.1 Å². The molecule has 0 aliphatic carbocycles. The van der Waals surface area contributed by atoms with Crippen LogP contribution in [0.2, 0.25) is 0 Å². The van der Waals surface area contributed by atoms with Crippen LogP contribution in [0.4, 0.5) is 5.13 Å². The Morgan fingerprint density at radius 1 is 1.17 bits per heavy atom. The van der Waals surface area contributed by atoms with Gasteiger partial charge in [0.2, 0.25) is 5.91 Å². The van der Waals surface area contributed by atoms with Crippen LogP contribution in [0.5, 0.6) is 5.75 Å². The van der Waals surface area contributed by atoms with E-state index in [9.17, 15) is 9.59 Å². The zero-order valence-corrected chi connectivity index (χ0v) is 22.4.